The Hall–Kier alpha value is -0.180. The predicted octanol–water partition coefficient (Wildman–Crippen LogP) is 0.538. The van der Waals surface area contributed by atoms with Crippen LogP contribution in [-0.2, 0) is 9.59 Å². The summed E-state index contributed by atoms with van der Waals surface area (Å²) in [4.78, 5) is 19.2. The molecule has 0 aliphatic carbocycles. The van der Waals surface area contributed by atoms with Crippen molar-refractivity contribution < 1.29 is 9.59 Å². The Morgan fingerprint density at radius 2 is 2.29 bits per heavy atom. The normalized spacial score (nSPS) is 12.9. The van der Waals surface area contributed by atoms with E-state index in [-0.39, 0.29) is 5.78 Å². The highest BCUT2D eigenvalue weighted by molar-refractivity contribution is 9.10. The van der Waals surface area contributed by atoms with Gasteiger partial charge in [-0.3, -0.25) is 4.79 Å². The predicted molar refractivity (Wildman–Crippen MR) is 29.5 cm³/mol. The second-order valence-electron chi connectivity index (χ2n) is 1.15. The van der Waals surface area contributed by atoms with Crippen molar-refractivity contribution in [2.24, 2.45) is 0 Å². The van der Waals surface area contributed by atoms with Crippen molar-refractivity contribution in [1.29, 1.82) is 0 Å². The van der Waals surface area contributed by atoms with E-state index in [0.717, 1.165) is 0 Å². The van der Waals surface area contributed by atoms with Crippen molar-refractivity contribution in [2.45, 2.75) is 11.8 Å². The molecular weight excluding hydrogens is 160 g/mol. The second kappa shape index (κ2) is 2.91. The summed E-state index contributed by atoms with van der Waals surface area (Å²) in [7, 11) is 0. The number of rotatable bonds is 2. The van der Waals surface area contributed by atoms with E-state index >= 15 is 0 Å². The van der Waals surface area contributed by atoms with E-state index in [4.69, 9.17) is 0 Å². The zero-order chi connectivity index (χ0) is 5.86. The molecule has 0 aliphatic heterocycles. The molecule has 0 aromatic rings. The maximum absolute atomic E-state index is 10.1. The molecule has 0 amide bonds. The molecule has 0 N–H and O–H groups in total. The van der Waals surface area contributed by atoms with Crippen LogP contribution in [0.3, 0.4) is 0 Å². The number of hydrogen-bond donors (Lipinski definition) is 0. The SMILES string of the molecule is CC(=O)[C@H](Br)C=O. The molecule has 0 aromatic carbocycles. The van der Waals surface area contributed by atoms with Gasteiger partial charge in [0.1, 0.15) is 11.1 Å². The third-order valence-electron chi connectivity index (χ3n) is 0.508. The van der Waals surface area contributed by atoms with Crippen LogP contribution >= 0.6 is 15.9 Å². The van der Waals surface area contributed by atoms with Crippen LogP contribution in [0.4, 0.5) is 0 Å². The van der Waals surface area contributed by atoms with Crippen LogP contribution in [0.2, 0.25) is 0 Å². The second-order valence-corrected chi connectivity index (χ2v) is 2.14. The largest absolute Gasteiger partial charge is 0.302 e. The summed E-state index contributed by atoms with van der Waals surface area (Å²) >= 11 is 2.82. The fraction of sp³-hybridized carbons (Fsp3) is 0.500. The summed E-state index contributed by atoms with van der Waals surface area (Å²) in [5.41, 5.74) is 0. The molecule has 2 nitrogen and oxygen atoms in total. The van der Waals surface area contributed by atoms with Gasteiger partial charge in [0.15, 0.2) is 5.78 Å². The monoisotopic (exact) mass is 164 g/mol. The van der Waals surface area contributed by atoms with Gasteiger partial charge in [-0.05, 0) is 6.92 Å². The van der Waals surface area contributed by atoms with Gasteiger partial charge in [0.05, 0.1) is 0 Å². The molecule has 0 aromatic heterocycles. The molecule has 0 saturated carbocycles. The highest BCUT2D eigenvalue weighted by Gasteiger charge is 2.04. The van der Waals surface area contributed by atoms with Crippen molar-refractivity contribution >= 4 is 28.0 Å². The van der Waals surface area contributed by atoms with E-state index in [1.807, 2.05) is 0 Å². The molecule has 7 heavy (non-hydrogen) atoms. The average molecular weight is 165 g/mol. The van der Waals surface area contributed by atoms with Gasteiger partial charge in [0.25, 0.3) is 0 Å². The van der Waals surface area contributed by atoms with Crippen molar-refractivity contribution in [1.82, 2.24) is 0 Å². The minimum Gasteiger partial charge on any atom is -0.302 e. The standard InChI is InChI=1S/C4H5BrO2/c1-3(7)4(5)2-6/h2,4H,1H3/t4-/m1/s1. The summed E-state index contributed by atoms with van der Waals surface area (Å²) in [6.45, 7) is 1.35. The summed E-state index contributed by atoms with van der Waals surface area (Å²) in [6, 6.07) is 0. The fourth-order valence-electron chi connectivity index (χ4n) is 0.0958. The molecule has 0 bridgehead atoms. The number of alkyl halides is 1. The van der Waals surface area contributed by atoms with Crippen LogP contribution in [0.5, 0.6) is 0 Å². The number of carbonyl (C=O) groups excluding carboxylic acids is 2. The lowest BCUT2D eigenvalue weighted by atomic mass is 10.3. The number of carbonyl (C=O) groups is 2. The Morgan fingerprint density at radius 1 is 1.86 bits per heavy atom. The van der Waals surface area contributed by atoms with E-state index in [0.29, 0.717) is 6.29 Å². The first kappa shape index (κ1) is 6.82. The molecule has 0 fully saturated rings. The third-order valence-corrected chi connectivity index (χ3v) is 1.37. The van der Waals surface area contributed by atoms with Gasteiger partial charge in [-0.25, -0.2) is 0 Å². The summed E-state index contributed by atoms with van der Waals surface area (Å²) in [6.07, 6.45) is 0.558. The third kappa shape index (κ3) is 2.51. The topological polar surface area (TPSA) is 34.1 Å². The molecule has 0 unspecified atom stereocenters. The van der Waals surface area contributed by atoms with Crippen LogP contribution in [0.15, 0.2) is 0 Å². The Kier molecular flexibility index (Phi) is 2.83. The summed E-state index contributed by atoms with van der Waals surface area (Å²) in [5.74, 6) is -0.157. The molecule has 0 spiro atoms. The Labute approximate surface area is 50.0 Å². The van der Waals surface area contributed by atoms with E-state index in [1.165, 1.54) is 6.92 Å². The van der Waals surface area contributed by atoms with Crippen molar-refractivity contribution in [3.63, 3.8) is 0 Å². The molecule has 0 heterocycles. The van der Waals surface area contributed by atoms with Crippen LogP contribution in [0, 0.1) is 0 Å². The van der Waals surface area contributed by atoms with E-state index in [2.05, 4.69) is 15.9 Å². The first-order valence-electron chi connectivity index (χ1n) is 1.78. The first-order chi connectivity index (χ1) is 3.18. The van der Waals surface area contributed by atoms with Gasteiger partial charge in [-0.1, -0.05) is 15.9 Å². The minimum absolute atomic E-state index is 0.157. The Balaban J connectivity index is 3.55. The van der Waals surface area contributed by atoms with Crippen LogP contribution in [-0.4, -0.2) is 16.9 Å². The molecule has 0 saturated heterocycles. The van der Waals surface area contributed by atoms with Gasteiger partial charge < -0.3 is 4.79 Å². The molecule has 0 radical (unpaired) electrons. The lowest BCUT2D eigenvalue weighted by molar-refractivity contribution is -0.119. The molecule has 1 atom stereocenters. The van der Waals surface area contributed by atoms with Gasteiger partial charge >= 0.3 is 0 Å². The molecule has 0 rings (SSSR count). The highest BCUT2D eigenvalue weighted by Crippen LogP contribution is 1.93. The quantitative estimate of drug-likeness (QED) is 0.340. The van der Waals surface area contributed by atoms with E-state index < -0.39 is 4.83 Å². The molecular formula is C4H5BrO2. The zero-order valence-electron chi connectivity index (χ0n) is 3.85. The highest BCUT2D eigenvalue weighted by atomic mass is 79.9. The van der Waals surface area contributed by atoms with Gasteiger partial charge in [-0.15, -0.1) is 0 Å². The zero-order valence-corrected chi connectivity index (χ0v) is 5.44. The van der Waals surface area contributed by atoms with Gasteiger partial charge in [0, 0.05) is 0 Å². The Bertz CT molecular complexity index is 89.7. The number of ketones is 1. The lowest BCUT2D eigenvalue weighted by Crippen LogP contribution is -2.09. The fourth-order valence-corrected chi connectivity index (χ4v) is 0.0958. The molecule has 3 heteroatoms. The average Bonchev–Trinajstić information content (AvgIpc) is 1.65. The number of hydrogen-bond acceptors (Lipinski definition) is 2. The van der Waals surface area contributed by atoms with Crippen LogP contribution in [0.1, 0.15) is 6.92 Å². The van der Waals surface area contributed by atoms with E-state index in [1.54, 1.807) is 0 Å². The van der Waals surface area contributed by atoms with Gasteiger partial charge in [-0.2, -0.15) is 0 Å². The lowest BCUT2D eigenvalue weighted by Gasteiger charge is -1.87. The maximum Gasteiger partial charge on any atom is 0.150 e. The first-order valence-corrected chi connectivity index (χ1v) is 2.70. The number of aldehydes is 1. The van der Waals surface area contributed by atoms with Crippen molar-refractivity contribution in [3.8, 4) is 0 Å². The maximum atomic E-state index is 10.1. The molecule has 40 valence electrons. The van der Waals surface area contributed by atoms with Crippen molar-refractivity contribution in [3.05, 3.63) is 0 Å². The van der Waals surface area contributed by atoms with Crippen molar-refractivity contribution in [2.75, 3.05) is 0 Å². The molecule has 0 aliphatic rings. The smallest absolute Gasteiger partial charge is 0.150 e. The Morgan fingerprint density at radius 3 is 2.29 bits per heavy atom. The summed E-state index contributed by atoms with van der Waals surface area (Å²) < 4.78 is 0. The minimum atomic E-state index is -0.604. The van der Waals surface area contributed by atoms with Crippen LogP contribution in [0.25, 0.3) is 0 Å². The number of Topliss-reactive ketones (excluding diaryl/α,β-unsaturated/α-hetero) is 1. The number of halogens is 1. The van der Waals surface area contributed by atoms with Crippen LogP contribution < -0.4 is 0 Å². The summed E-state index contributed by atoms with van der Waals surface area (Å²) in [5, 5.41) is 0. The van der Waals surface area contributed by atoms with E-state index in [9.17, 15) is 9.59 Å². The van der Waals surface area contributed by atoms with Gasteiger partial charge in [0.2, 0.25) is 0 Å².